The van der Waals surface area contributed by atoms with Crippen LogP contribution in [0, 0.1) is 12.3 Å². The minimum Gasteiger partial charge on any atom is -0.449 e. The predicted octanol–water partition coefficient (Wildman–Crippen LogP) is 3.46. The Morgan fingerprint density at radius 3 is 2.82 bits per heavy atom. The molecule has 1 fully saturated rings. The maximum absolute atomic E-state index is 11.3. The van der Waals surface area contributed by atoms with Gasteiger partial charge in [-0.15, -0.1) is 0 Å². The van der Waals surface area contributed by atoms with Crippen LogP contribution in [0.25, 0.3) is 0 Å². The topological polar surface area (TPSA) is 38.3 Å². The standard InChI is InChI=1S/C13H16ClNO2/c1-8-4-5-9(6-10(8)14)11-13(2,3)7-17-12(16)15-11/h4-6,11H,7H2,1-3H3,(H,15,16)/t11-/m1/s1. The average molecular weight is 254 g/mol. The lowest BCUT2D eigenvalue weighted by atomic mass is 9.80. The van der Waals surface area contributed by atoms with E-state index in [0.29, 0.717) is 6.61 Å². The molecule has 92 valence electrons. The SMILES string of the molecule is Cc1ccc([C@H]2NC(=O)OCC2(C)C)cc1Cl. The van der Waals surface area contributed by atoms with Gasteiger partial charge in [-0.3, -0.25) is 0 Å². The highest BCUT2D eigenvalue weighted by atomic mass is 35.5. The van der Waals surface area contributed by atoms with E-state index in [1.807, 2.05) is 25.1 Å². The van der Waals surface area contributed by atoms with E-state index in [4.69, 9.17) is 16.3 Å². The van der Waals surface area contributed by atoms with Crippen molar-refractivity contribution >= 4 is 17.7 Å². The fourth-order valence-corrected chi connectivity index (χ4v) is 2.20. The molecule has 0 spiro atoms. The molecule has 1 aliphatic heterocycles. The summed E-state index contributed by atoms with van der Waals surface area (Å²) in [5, 5.41) is 3.57. The Kier molecular flexibility index (Phi) is 3.04. The predicted molar refractivity (Wildman–Crippen MR) is 67.2 cm³/mol. The zero-order valence-electron chi connectivity index (χ0n) is 10.2. The molecule has 0 unspecified atom stereocenters. The van der Waals surface area contributed by atoms with E-state index in [1.165, 1.54) is 0 Å². The number of hydrogen-bond acceptors (Lipinski definition) is 2. The lowest BCUT2D eigenvalue weighted by molar-refractivity contribution is 0.0387. The van der Waals surface area contributed by atoms with Gasteiger partial charge in [0.2, 0.25) is 0 Å². The van der Waals surface area contributed by atoms with Crippen molar-refractivity contribution in [1.82, 2.24) is 5.32 Å². The van der Waals surface area contributed by atoms with Gasteiger partial charge in [0.25, 0.3) is 0 Å². The second kappa shape index (κ2) is 4.22. The molecule has 1 heterocycles. The number of benzene rings is 1. The molecule has 1 atom stereocenters. The lowest BCUT2D eigenvalue weighted by Crippen LogP contribution is -2.46. The van der Waals surface area contributed by atoms with Gasteiger partial charge in [0.05, 0.1) is 6.04 Å². The van der Waals surface area contributed by atoms with Crippen LogP contribution in [0.3, 0.4) is 0 Å². The molecule has 0 aliphatic carbocycles. The van der Waals surface area contributed by atoms with Gasteiger partial charge in [0.1, 0.15) is 6.61 Å². The van der Waals surface area contributed by atoms with Crippen LogP contribution in [0.2, 0.25) is 5.02 Å². The molecule has 1 N–H and O–H groups in total. The molecule has 1 aliphatic rings. The van der Waals surface area contributed by atoms with Gasteiger partial charge in [-0.1, -0.05) is 37.6 Å². The lowest BCUT2D eigenvalue weighted by Gasteiger charge is -2.38. The van der Waals surface area contributed by atoms with E-state index >= 15 is 0 Å². The summed E-state index contributed by atoms with van der Waals surface area (Å²) >= 11 is 6.12. The zero-order valence-corrected chi connectivity index (χ0v) is 11.0. The second-order valence-electron chi connectivity index (χ2n) is 5.15. The summed E-state index contributed by atoms with van der Waals surface area (Å²) in [7, 11) is 0. The summed E-state index contributed by atoms with van der Waals surface area (Å²) in [6.07, 6.45) is -0.369. The Morgan fingerprint density at radius 2 is 2.18 bits per heavy atom. The highest BCUT2D eigenvalue weighted by molar-refractivity contribution is 6.31. The number of halogens is 1. The second-order valence-corrected chi connectivity index (χ2v) is 5.56. The van der Waals surface area contributed by atoms with Gasteiger partial charge >= 0.3 is 6.09 Å². The largest absolute Gasteiger partial charge is 0.449 e. The average Bonchev–Trinajstić information content (AvgIpc) is 2.26. The normalized spacial score (nSPS) is 22.8. The number of aryl methyl sites for hydroxylation is 1. The number of carbonyl (C=O) groups excluding carboxylic acids is 1. The van der Waals surface area contributed by atoms with Crippen LogP contribution in [0.1, 0.15) is 31.0 Å². The molecule has 1 aromatic carbocycles. The molecule has 1 amide bonds. The number of nitrogens with one attached hydrogen (secondary N) is 1. The molecule has 4 heteroatoms. The molecule has 3 nitrogen and oxygen atoms in total. The summed E-state index contributed by atoms with van der Waals surface area (Å²) in [5.41, 5.74) is 1.90. The monoisotopic (exact) mass is 253 g/mol. The van der Waals surface area contributed by atoms with Crippen LogP contribution >= 0.6 is 11.6 Å². The Balaban J connectivity index is 2.36. The van der Waals surface area contributed by atoms with Crippen LogP contribution in [0.4, 0.5) is 4.79 Å². The van der Waals surface area contributed by atoms with E-state index in [1.54, 1.807) is 0 Å². The Labute approximate surface area is 106 Å². The fraction of sp³-hybridized carbons (Fsp3) is 0.462. The van der Waals surface area contributed by atoms with Gasteiger partial charge < -0.3 is 10.1 Å². The van der Waals surface area contributed by atoms with Crippen molar-refractivity contribution in [2.75, 3.05) is 6.61 Å². The summed E-state index contributed by atoms with van der Waals surface area (Å²) in [4.78, 5) is 11.3. The summed E-state index contributed by atoms with van der Waals surface area (Å²) in [6, 6.07) is 5.81. The van der Waals surface area contributed by atoms with E-state index in [0.717, 1.165) is 16.1 Å². The first kappa shape index (κ1) is 12.2. The van der Waals surface area contributed by atoms with Crippen molar-refractivity contribution in [1.29, 1.82) is 0 Å². The number of alkyl carbamates (subject to hydrolysis) is 1. The highest BCUT2D eigenvalue weighted by Crippen LogP contribution is 2.37. The van der Waals surface area contributed by atoms with Gasteiger partial charge in [-0.05, 0) is 24.1 Å². The van der Waals surface area contributed by atoms with Gasteiger partial charge in [0, 0.05) is 10.4 Å². The van der Waals surface area contributed by atoms with Gasteiger partial charge in [-0.2, -0.15) is 0 Å². The third-order valence-electron chi connectivity index (χ3n) is 3.15. The van der Waals surface area contributed by atoms with Crippen LogP contribution in [0.5, 0.6) is 0 Å². The Hall–Kier alpha value is -1.22. The smallest absolute Gasteiger partial charge is 0.407 e. The first-order chi connectivity index (χ1) is 7.90. The minimum absolute atomic E-state index is 0.0677. The van der Waals surface area contributed by atoms with Gasteiger partial charge in [0.15, 0.2) is 0 Å². The molecule has 0 saturated carbocycles. The molecule has 0 radical (unpaired) electrons. The number of rotatable bonds is 1. The van der Waals surface area contributed by atoms with Crippen molar-refractivity contribution in [3.63, 3.8) is 0 Å². The minimum atomic E-state index is -0.369. The molecule has 17 heavy (non-hydrogen) atoms. The summed E-state index contributed by atoms with van der Waals surface area (Å²) in [5.74, 6) is 0. The van der Waals surface area contributed by atoms with E-state index in [2.05, 4.69) is 19.2 Å². The van der Waals surface area contributed by atoms with Crippen molar-refractivity contribution in [2.24, 2.45) is 5.41 Å². The van der Waals surface area contributed by atoms with Gasteiger partial charge in [-0.25, -0.2) is 4.79 Å². The van der Waals surface area contributed by atoms with Crippen LogP contribution in [-0.4, -0.2) is 12.7 Å². The Bertz CT molecular complexity index is 457. The molecule has 2 rings (SSSR count). The molecule has 1 saturated heterocycles. The summed E-state index contributed by atoms with van der Waals surface area (Å²) < 4.78 is 5.02. The van der Waals surface area contributed by atoms with Crippen molar-refractivity contribution in [3.8, 4) is 0 Å². The van der Waals surface area contributed by atoms with Crippen LogP contribution in [0.15, 0.2) is 18.2 Å². The van der Waals surface area contributed by atoms with E-state index in [9.17, 15) is 4.79 Å². The van der Waals surface area contributed by atoms with Crippen molar-refractivity contribution in [3.05, 3.63) is 34.3 Å². The molecule has 1 aromatic rings. The third-order valence-corrected chi connectivity index (χ3v) is 3.56. The molecular formula is C13H16ClNO2. The Morgan fingerprint density at radius 1 is 1.47 bits per heavy atom. The summed E-state index contributed by atoms with van der Waals surface area (Å²) in [6.45, 7) is 6.49. The number of amides is 1. The molecule has 0 bridgehead atoms. The first-order valence-electron chi connectivity index (χ1n) is 5.59. The van der Waals surface area contributed by atoms with E-state index < -0.39 is 0 Å². The van der Waals surface area contributed by atoms with Crippen molar-refractivity contribution in [2.45, 2.75) is 26.8 Å². The maximum Gasteiger partial charge on any atom is 0.407 e. The number of carbonyl (C=O) groups is 1. The number of cyclic esters (lactones) is 1. The van der Waals surface area contributed by atoms with Crippen molar-refractivity contribution < 1.29 is 9.53 Å². The molecular weight excluding hydrogens is 238 g/mol. The quantitative estimate of drug-likeness (QED) is 0.832. The molecule has 0 aromatic heterocycles. The number of ether oxygens (including phenoxy) is 1. The zero-order chi connectivity index (χ0) is 12.6. The third kappa shape index (κ3) is 2.39. The first-order valence-corrected chi connectivity index (χ1v) is 5.97. The fourth-order valence-electron chi connectivity index (χ4n) is 2.01. The van der Waals surface area contributed by atoms with Crippen LogP contribution in [-0.2, 0) is 4.74 Å². The number of hydrogen-bond donors (Lipinski definition) is 1. The van der Waals surface area contributed by atoms with E-state index in [-0.39, 0.29) is 17.6 Å². The maximum atomic E-state index is 11.3. The highest BCUT2D eigenvalue weighted by Gasteiger charge is 2.37. The van der Waals surface area contributed by atoms with Crippen LogP contribution < -0.4 is 5.32 Å².